The molecule has 0 atom stereocenters. The third-order valence-electron chi connectivity index (χ3n) is 3.61. The zero-order valence-electron chi connectivity index (χ0n) is 14.3. The first-order valence-electron chi connectivity index (χ1n) is 8.10. The Balaban J connectivity index is 1.62. The molecule has 0 unspecified atom stereocenters. The van der Waals surface area contributed by atoms with E-state index in [9.17, 15) is 4.39 Å². The predicted molar refractivity (Wildman–Crippen MR) is 101 cm³/mol. The van der Waals surface area contributed by atoms with Gasteiger partial charge in [-0.2, -0.15) is 0 Å². The maximum absolute atomic E-state index is 14.2. The standard InChI is InChI=1S/C20H19FN4O/c1-14-4-7-16(8-5-14)25-20(22)24-12-15-6-9-19(18(21)11-15)26-17-3-2-10-23-13-17/h2-11,13H,12H2,1H3,(H3,22,24,25). The van der Waals surface area contributed by atoms with Crippen LogP contribution in [-0.2, 0) is 6.54 Å². The number of hydrogen-bond donors (Lipinski definition) is 2. The summed E-state index contributed by atoms with van der Waals surface area (Å²) in [6, 6.07) is 15.9. The van der Waals surface area contributed by atoms with E-state index < -0.39 is 5.82 Å². The number of aliphatic imine (C=N–C) groups is 1. The molecule has 3 N–H and O–H groups in total. The van der Waals surface area contributed by atoms with Gasteiger partial charge in [0.15, 0.2) is 17.5 Å². The van der Waals surface area contributed by atoms with Gasteiger partial charge in [-0.3, -0.25) is 4.98 Å². The number of hydrogen-bond acceptors (Lipinski definition) is 3. The lowest BCUT2D eigenvalue weighted by atomic mass is 10.2. The SMILES string of the molecule is Cc1ccc(NC(N)=NCc2ccc(Oc3cccnc3)c(F)c2)cc1. The molecule has 0 spiro atoms. The summed E-state index contributed by atoms with van der Waals surface area (Å²) in [7, 11) is 0. The molecule has 6 heteroatoms. The van der Waals surface area contributed by atoms with Crippen LogP contribution in [0.2, 0.25) is 0 Å². The fourth-order valence-electron chi connectivity index (χ4n) is 2.26. The van der Waals surface area contributed by atoms with E-state index in [0.29, 0.717) is 11.3 Å². The Morgan fingerprint density at radius 2 is 2.00 bits per heavy atom. The third-order valence-corrected chi connectivity index (χ3v) is 3.61. The van der Waals surface area contributed by atoms with Crippen molar-refractivity contribution in [3.63, 3.8) is 0 Å². The number of anilines is 1. The van der Waals surface area contributed by atoms with Crippen molar-refractivity contribution in [1.29, 1.82) is 0 Å². The van der Waals surface area contributed by atoms with E-state index >= 15 is 0 Å². The lowest BCUT2D eigenvalue weighted by molar-refractivity contribution is 0.440. The fraction of sp³-hybridized carbons (Fsp3) is 0.100. The Morgan fingerprint density at radius 1 is 1.19 bits per heavy atom. The summed E-state index contributed by atoms with van der Waals surface area (Å²) in [5.74, 6) is 0.414. The summed E-state index contributed by atoms with van der Waals surface area (Å²) in [5.41, 5.74) is 8.58. The van der Waals surface area contributed by atoms with Crippen LogP contribution >= 0.6 is 0 Å². The number of rotatable bonds is 5. The zero-order chi connectivity index (χ0) is 18.4. The molecule has 2 aromatic carbocycles. The van der Waals surface area contributed by atoms with E-state index in [2.05, 4.69) is 15.3 Å². The number of nitrogens with one attached hydrogen (secondary N) is 1. The van der Waals surface area contributed by atoms with Gasteiger partial charge in [0, 0.05) is 11.9 Å². The summed E-state index contributed by atoms with van der Waals surface area (Å²) < 4.78 is 19.7. The van der Waals surface area contributed by atoms with E-state index in [0.717, 1.165) is 11.3 Å². The van der Waals surface area contributed by atoms with Crippen molar-refractivity contribution in [2.24, 2.45) is 10.7 Å². The van der Waals surface area contributed by atoms with E-state index in [-0.39, 0.29) is 18.3 Å². The number of ether oxygens (including phenoxy) is 1. The molecule has 0 saturated carbocycles. The topological polar surface area (TPSA) is 72.5 Å². The van der Waals surface area contributed by atoms with E-state index in [1.54, 1.807) is 30.5 Å². The number of pyridine rings is 1. The van der Waals surface area contributed by atoms with Gasteiger partial charge >= 0.3 is 0 Å². The number of benzene rings is 2. The van der Waals surface area contributed by atoms with Crippen LogP contribution in [0.1, 0.15) is 11.1 Å². The highest BCUT2D eigenvalue weighted by molar-refractivity contribution is 5.92. The molecule has 3 rings (SSSR count). The molecule has 0 radical (unpaired) electrons. The molecule has 0 bridgehead atoms. The first-order valence-corrected chi connectivity index (χ1v) is 8.10. The van der Waals surface area contributed by atoms with Crippen LogP contribution < -0.4 is 15.8 Å². The quantitative estimate of drug-likeness (QED) is 0.533. The Kier molecular flexibility index (Phi) is 5.43. The number of aryl methyl sites for hydroxylation is 1. The minimum Gasteiger partial charge on any atom is -0.453 e. The van der Waals surface area contributed by atoms with E-state index in [1.165, 1.54) is 12.3 Å². The number of guanidine groups is 1. The van der Waals surface area contributed by atoms with Crippen molar-refractivity contribution in [3.8, 4) is 11.5 Å². The van der Waals surface area contributed by atoms with Crippen molar-refractivity contribution in [3.05, 3.63) is 83.9 Å². The molecular formula is C20H19FN4O. The van der Waals surface area contributed by atoms with Gasteiger partial charge in [-0.05, 0) is 48.9 Å². The van der Waals surface area contributed by atoms with Crippen molar-refractivity contribution >= 4 is 11.6 Å². The van der Waals surface area contributed by atoms with Crippen LogP contribution in [0.5, 0.6) is 11.5 Å². The normalized spacial score (nSPS) is 11.2. The minimum absolute atomic E-state index is 0.136. The van der Waals surface area contributed by atoms with Gasteiger partial charge in [0.25, 0.3) is 0 Å². The Morgan fingerprint density at radius 3 is 2.69 bits per heavy atom. The molecule has 132 valence electrons. The van der Waals surface area contributed by atoms with Gasteiger partial charge in [0.1, 0.15) is 5.75 Å². The van der Waals surface area contributed by atoms with Gasteiger partial charge in [0.05, 0.1) is 12.7 Å². The summed E-state index contributed by atoms with van der Waals surface area (Å²) in [6.07, 6.45) is 3.15. The lowest BCUT2D eigenvalue weighted by Gasteiger charge is -2.08. The zero-order valence-corrected chi connectivity index (χ0v) is 14.3. The second-order valence-electron chi connectivity index (χ2n) is 5.75. The molecule has 1 heterocycles. The second-order valence-corrected chi connectivity index (χ2v) is 5.75. The van der Waals surface area contributed by atoms with E-state index in [1.807, 2.05) is 31.2 Å². The number of halogens is 1. The van der Waals surface area contributed by atoms with Gasteiger partial charge in [-0.1, -0.05) is 23.8 Å². The van der Waals surface area contributed by atoms with Crippen LogP contribution in [0.3, 0.4) is 0 Å². The average Bonchev–Trinajstić information content (AvgIpc) is 2.65. The number of nitrogens with zero attached hydrogens (tertiary/aromatic N) is 2. The summed E-state index contributed by atoms with van der Waals surface area (Å²) >= 11 is 0. The Hall–Kier alpha value is -3.41. The Bertz CT molecular complexity index is 895. The molecule has 26 heavy (non-hydrogen) atoms. The molecule has 0 aliphatic heterocycles. The maximum Gasteiger partial charge on any atom is 0.193 e. The van der Waals surface area contributed by atoms with Crippen LogP contribution in [-0.4, -0.2) is 10.9 Å². The summed E-state index contributed by atoms with van der Waals surface area (Å²) in [6.45, 7) is 2.27. The average molecular weight is 350 g/mol. The minimum atomic E-state index is -0.466. The highest BCUT2D eigenvalue weighted by atomic mass is 19.1. The molecule has 0 aliphatic rings. The first kappa shape index (κ1) is 17.4. The lowest BCUT2D eigenvalue weighted by Crippen LogP contribution is -2.22. The van der Waals surface area contributed by atoms with Crippen molar-refractivity contribution in [2.75, 3.05) is 5.32 Å². The smallest absolute Gasteiger partial charge is 0.193 e. The van der Waals surface area contributed by atoms with Gasteiger partial charge in [-0.15, -0.1) is 0 Å². The Labute approximate surface area is 151 Å². The molecule has 0 fully saturated rings. The molecule has 3 aromatic rings. The van der Waals surface area contributed by atoms with Crippen molar-refractivity contribution in [1.82, 2.24) is 4.98 Å². The molecule has 0 saturated heterocycles. The molecular weight excluding hydrogens is 331 g/mol. The van der Waals surface area contributed by atoms with Crippen LogP contribution in [0.25, 0.3) is 0 Å². The van der Waals surface area contributed by atoms with Crippen LogP contribution in [0, 0.1) is 12.7 Å². The van der Waals surface area contributed by atoms with Crippen LogP contribution in [0.4, 0.5) is 10.1 Å². The molecule has 0 aliphatic carbocycles. The number of aromatic nitrogens is 1. The van der Waals surface area contributed by atoms with Gasteiger partial charge in [0.2, 0.25) is 0 Å². The monoisotopic (exact) mass is 350 g/mol. The predicted octanol–water partition coefficient (Wildman–Crippen LogP) is 4.25. The molecule has 1 aromatic heterocycles. The van der Waals surface area contributed by atoms with Crippen LogP contribution in [0.15, 0.2) is 72.0 Å². The molecule has 0 amide bonds. The summed E-state index contributed by atoms with van der Waals surface area (Å²) in [4.78, 5) is 8.16. The highest BCUT2D eigenvalue weighted by Gasteiger charge is 2.06. The summed E-state index contributed by atoms with van der Waals surface area (Å²) in [5, 5.41) is 3.00. The third kappa shape index (κ3) is 4.80. The maximum atomic E-state index is 14.2. The fourth-order valence-corrected chi connectivity index (χ4v) is 2.26. The number of nitrogens with two attached hydrogens (primary N) is 1. The second kappa shape index (κ2) is 8.11. The van der Waals surface area contributed by atoms with E-state index in [4.69, 9.17) is 10.5 Å². The molecule has 5 nitrogen and oxygen atoms in total. The van der Waals surface area contributed by atoms with Gasteiger partial charge < -0.3 is 15.8 Å². The van der Waals surface area contributed by atoms with Crippen molar-refractivity contribution in [2.45, 2.75) is 13.5 Å². The highest BCUT2D eigenvalue weighted by Crippen LogP contribution is 2.24. The first-order chi connectivity index (χ1) is 12.6. The van der Waals surface area contributed by atoms with Gasteiger partial charge in [-0.25, -0.2) is 9.38 Å². The van der Waals surface area contributed by atoms with Crippen molar-refractivity contribution < 1.29 is 9.13 Å². The largest absolute Gasteiger partial charge is 0.453 e.